The molecule has 1 aliphatic carbocycles. The van der Waals surface area contributed by atoms with Crippen molar-refractivity contribution in [3.8, 4) is 10.9 Å². The van der Waals surface area contributed by atoms with Crippen molar-refractivity contribution in [3.63, 3.8) is 0 Å². The fraction of sp³-hybridized carbons (Fsp3) is 0.600. The molecule has 34 heavy (non-hydrogen) atoms. The van der Waals surface area contributed by atoms with Crippen LogP contribution in [0.2, 0.25) is 0 Å². The van der Waals surface area contributed by atoms with Crippen molar-refractivity contribution in [1.29, 1.82) is 0 Å². The first kappa shape index (κ1) is 24.9. The molecule has 0 unspecified atom stereocenters. The quantitative estimate of drug-likeness (QED) is 0.493. The van der Waals surface area contributed by atoms with Gasteiger partial charge in [0, 0.05) is 24.0 Å². The molecule has 0 spiro atoms. The Morgan fingerprint density at radius 2 is 1.97 bits per heavy atom. The van der Waals surface area contributed by atoms with Gasteiger partial charge in [-0.05, 0) is 63.1 Å². The SMILES string of the molecule is O=C(CCOc1ccccc1)N[C@H]1CC[C@H](CCN2CCc3sc(OCC(F)F)nc3C2)CC1. The highest BCUT2D eigenvalue weighted by Gasteiger charge is 2.25. The molecule has 1 fully saturated rings. The number of alkyl halides is 2. The Bertz CT molecular complexity index is 904. The fourth-order valence-corrected chi connectivity index (χ4v) is 5.57. The second kappa shape index (κ2) is 12.4. The van der Waals surface area contributed by atoms with Gasteiger partial charge in [-0.15, -0.1) is 0 Å². The number of fused-ring (bicyclic) bond motifs is 1. The Morgan fingerprint density at radius 1 is 1.18 bits per heavy atom. The molecule has 9 heteroatoms. The normalized spacial score (nSPS) is 20.7. The number of thiazole rings is 1. The lowest BCUT2D eigenvalue weighted by Crippen LogP contribution is -2.38. The lowest BCUT2D eigenvalue weighted by molar-refractivity contribution is -0.122. The van der Waals surface area contributed by atoms with Crippen LogP contribution >= 0.6 is 11.3 Å². The number of rotatable bonds is 11. The number of benzene rings is 1. The maximum absolute atomic E-state index is 12.4. The number of hydrogen-bond acceptors (Lipinski definition) is 6. The summed E-state index contributed by atoms with van der Waals surface area (Å²) in [7, 11) is 0. The molecule has 4 rings (SSSR count). The van der Waals surface area contributed by atoms with E-state index in [1.165, 1.54) is 11.3 Å². The molecule has 1 aliphatic heterocycles. The van der Waals surface area contributed by atoms with Gasteiger partial charge >= 0.3 is 0 Å². The van der Waals surface area contributed by atoms with Gasteiger partial charge in [0.2, 0.25) is 5.91 Å². The summed E-state index contributed by atoms with van der Waals surface area (Å²) in [4.78, 5) is 20.2. The second-order valence-corrected chi connectivity index (χ2v) is 10.1. The second-order valence-electron chi connectivity index (χ2n) is 9.06. The minimum Gasteiger partial charge on any atom is -0.493 e. The van der Waals surface area contributed by atoms with E-state index in [2.05, 4.69) is 15.2 Å². The molecule has 1 N–H and O–H groups in total. The van der Waals surface area contributed by atoms with Crippen LogP contribution in [-0.2, 0) is 17.8 Å². The molecule has 1 saturated carbocycles. The molecule has 1 aromatic carbocycles. The van der Waals surface area contributed by atoms with Crippen LogP contribution in [0.15, 0.2) is 30.3 Å². The molecule has 6 nitrogen and oxygen atoms in total. The standard InChI is InChI=1S/C25H33F2N3O3S/c26-23(27)17-33-25-29-21-16-30(14-11-22(21)34-25)13-10-18-6-8-19(9-7-18)28-24(31)12-15-32-20-4-2-1-3-5-20/h1-5,18-19,23H,6-17H2,(H,28,31)/t18-,19-. The molecular formula is C25H33F2N3O3S. The van der Waals surface area contributed by atoms with Gasteiger partial charge in [0.1, 0.15) is 5.75 Å². The monoisotopic (exact) mass is 493 g/mol. The first-order valence-electron chi connectivity index (χ1n) is 12.1. The van der Waals surface area contributed by atoms with Gasteiger partial charge in [0.15, 0.2) is 6.61 Å². The number of nitrogens with one attached hydrogen (secondary N) is 1. The Balaban J connectivity index is 1.10. The van der Waals surface area contributed by atoms with Crippen LogP contribution < -0.4 is 14.8 Å². The number of nitrogens with zero attached hydrogens (tertiary/aromatic N) is 2. The third kappa shape index (κ3) is 7.63. The molecule has 186 valence electrons. The van der Waals surface area contributed by atoms with Crippen molar-refractivity contribution >= 4 is 17.2 Å². The third-order valence-corrected chi connectivity index (χ3v) is 7.60. The Morgan fingerprint density at radius 3 is 2.74 bits per heavy atom. The number of hydrogen-bond donors (Lipinski definition) is 1. The lowest BCUT2D eigenvalue weighted by Gasteiger charge is -2.32. The van der Waals surface area contributed by atoms with Crippen molar-refractivity contribution in [2.45, 2.75) is 64.0 Å². The van der Waals surface area contributed by atoms with E-state index >= 15 is 0 Å². The minimum absolute atomic E-state index is 0.0589. The molecule has 0 bridgehead atoms. The zero-order valence-electron chi connectivity index (χ0n) is 19.4. The zero-order chi connectivity index (χ0) is 23.8. The van der Waals surface area contributed by atoms with Gasteiger partial charge in [-0.1, -0.05) is 29.5 Å². The van der Waals surface area contributed by atoms with Gasteiger partial charge in [-0.25, -0.2) is 13.8 Å². The van der Waals surface area contributed by atoms with Gasteiger partial charge in [-0.2, -0.15) is 0 Å². The van der Waals surface area contributed by atoms with Crippen molar-refractivity contribution in [2.75, 3.05) is 26.3 Å². The van der Waals surface area contributed by atoms with Crippen LogP contribution in [0, 0.1) is 5.92 Å². The van der Waals surface area contributed by atoms with Crippen LogP contribution in [-0.4, -0.2) is 54.6 Å². The minimum atomic E-state index is -2.48. The molecule has 1 amide bonds. The summed E-state index contributed by atoms with van der Waals surface area (Å²) < 4.78 is 35.4. The number of aromatic nitrogens is 1. The predicted octanol–water partition coefficient (Wildman–Crippen LogP) is 4.68. The van der Waals surface area contributed by atoms with Crippen molar-refractivity contribution in [3.05, 3.63) is 40.9 Å². The van der Waals surface area contributed by atoms with Crippen LogP contribution in [0.25, 0.3) is 0 Å². The number of amides is 1. The van der Waals surface area contributed by atoms with E-state index in [1.54, 1.807) is 0 Å². The largest absolute Gasteiger partial charge is 0.493 e. The number of para-hydroxylation sites is 1. The van der Waals surface area contributed by atoms with Gasteiger partial charge in [0.05, 0.1) is 18.7 Å². The Hall–Kier alpha value is -2.26. The summed E-state index contributed by atoms with van der Waals surface area (Å²) in [6, 6.07) is 9.81. The molecule has 2 aromatic rings. The van der Waals surface area contributed by atoms with E-state index in [0.717, 1.165) is 74.5 Å². The van der Waals surface area contributed by atoms with Gasteiger partial charge < -0.3 is 14.8 Å². The van der Waals surface area contributed by atoms with Gasteiger partial charge in [0.25, 0.3) is 11.6 Å². The molecule has 0 atom stereocenters. The van der Waals surface area contributed by atoms with Crippen LogP contribution in [0.5, 0.6) is 10.9 Å². The summed E-state index contributed by atoms with van der Waals surface area (Å²) in [5, 5.41) is 3.53. The Labute approximate surface area is 203 Å². The highest BCUT2D eigenvalue weighted by molar-refractivity contribution is 7.13. The van der Waals surface area contributed by atoms with Crippen molar-refractivity contribution < 1.29 is 23.0 Å². The van der Waals surface area contributed by atoms with E-state index in [4.69, 9.17) is 9.47 Å². The highest BCUT2D eigenvalue weighted by Crippen LogP contribution is 2.31. The first-order chi connectivity index (χ1) is 16.5. The Kier molecular flexibility index (Phi) is 9.10. The van der Waals surface area contributed by atoms with E-state index < -0.39 is 13.0 Å². The van der Waals surface area contributed by atoms with E-state index in [1.807, 2.05) is 30.3 Å². The summed E-state index contributed by atoms with van der Waals surface area (Å²) in [5.41, 5.74) is 0.975. The third-order valence-electron chi connectivity index (χ3n) is 6.53. The smallest absolute Gasteiger partial charge is 0.273 e. The van der Waals surface area contributed by atoms with E-state index in [0.29, 0.717) is 24.1 Å². The summed E-state index contributed by atoms with van der Waals surface area (Å²) in [5.74, 6) is 1.52. The average molecular weight is 494 g/mol. The van der Waals surface area contributed by atoms with E-state index in [9.17, 15) is 13.6 Å². The topological polar surface area (TPSA) is 63.7 Å². The average Bonchev–Trinajstić information content (AvgIpc) is 3.25. The summed E-state index contributed by atoms with van der Waals surface area (Å²) in [6.07, 6.45) is 4.25. The molecule has 2 heterocycles. The van der Waals surface area contributed by atoms with Crippen LogP contribution in [0.4, 0.5) is 8.78 Å². The summed E-state index contributed by atoms with van der Waals surface area (Å²) in [6.45, 7) is 2.55. The molecule has 0 saturated heterocycles. The predicted molar refractivity (Wildman–Crippen MR) is 128 cm³/mol. The van der Waals surface area contributed by atoms with Crippen molar-refractivity contribution in [1.82, 2.24) is 15.2 Å². The maximum Gasteiger partial charge on any atom is 0.273 e. The maximum atomic E-state index is 12.4. The van der Waals surface area contributed by atoms with Crippen LogP contribution in [0.1, 0.15) is 49.1 Å². The number of carbonyl (C=O) groups excluding carboxylic acids is 1. The number of halogens is 2. The molecule has 1 aromatic heterocycles. The van der Waals surface area contributed by atoms with E-state index in [-0.39, 0.29) is 11.9 Å². The fourth-order valence-electron chi connectivity index (χ4n) is 4.65. The van der Waals surface area contributed by atoms with Crippen LogP contribution in [0.3, 0.4) is 0 Å². The lowest BCUT2D eigenvalue weighted by atomic mass is 9.84. The summed E-state index contributed by atoms with van der Waals surface area (Å²) >= 11 is 1.40. The van der Waals surface area contributed by atoms with Crippen molar-refractivity contribution in [2.24, 2.45) is 5.92 Å². The number of ether oxygens (including phenoxy) is 2. The first-order valence-corrected chi connectivity index (χ1v) is 13.0. The van der Waals surface area contributed by atoms with Gasteiger partial charge in [-0.3, -0.25) is 9.69 Å². The zero-order valence-corrected chi connectivity index (χ0v) is 20.2. The molecule has 0 radical (unpaired) electrons. The molecule has 2 aliphatic rings. The highest BCUT2D eigenvalue weighted by atomic mass is 32.1. The number of carbonyl (C=O) groups is 1. The molecular weight excluding hydrogens is 460 g/mol.